The number of rotatable bonds is 4. The molecule has 4 heteroatoms. The van der Waals surface area contributed by atoms with Gasteiger partial charge in [-0.3, -0.25) is 4.33 Å². The van der Waals surface area contributed by atoms with Gasteiger partial charge in [0.15, 0.2) is 0 Å². The normalized spacial score (nSPS) is 13.9. The van der Waals surface area contributed by atoms with E-state index in [9.17, 15) is 0 Å². The fraction of sp³-hybridized carbons (Fsp3) is 0.680. The molecular formula is C25H42BrN2P. The van der Waals surface area contributed by atoms with E-state index in [-0.39, 0.29) is 16.2 Å². The first-order valence-electron chi connectivity index (χ1n) is 11.0. The second kappa shape index (κ2) is 8.12. The molecule has 0 radical (unpaired) electrons. The molecule has 0 N–H and O–H groups in total. The maximum absolute atomic E-state index is 4.06. The van der Waals surface area contributed by atoms with Gasteiger partial charge in [0.05, 0.1) is 5.69 Å². The fourth-order valence-corrected chi connectivity index (χ4v) is 6.74. The van der Waals surface area contributed by atoms with Gasteiger partial charge < -0.3 is 4.90 Å². The Kier molecular flexibility index (Phi) is 6.89. The maximum Gasteiger partial charge on any atom is 0.126 e. The molecule has 1 aromatic carbocycles. The number of benzene rings is 1. The molecule has 1 unspecified atom stereocenters. The molecule has 0 saturated heterocycles. The number of nitrogens with zero attached hydrogens (tertiary/aromatic N) is 2. The molecule has 0 fully saturated rings. The van der Waals surface area contributed by atoms with Gasteiger partial charge in [-0.05, 0) is 69.2 Å². The van der Waals surface area contributed by atoms with Crippen LogP contribution in [-0.2, 0) is 16.2 Å². The van der Waals surface area contributed by atoms with Crippen LogP contribution in [-0.4, -0.2) is 17.4 Å². The Morgan fingerprint density at radius 1 is 0.828 bits per heavy atom. The molecule has 0 bridgehead atoms. The molecule has 29 heavy (non-hydrogen) atoms. The topological polar surface area (TPSA) is 8.17 Å². The van der Waals surface area contributed by atoms with Crippen molar-refractivity contribution in [1.82, 2.24) is 4.33 Å². The number of hydrogen-bond acceptors (Lipinski definition) is 1. The Bertz CT molecular complexity index is 827. The van der Waals surface area contributed by atoms with Crippen molar-refractivity contribution in [3.05, 3.63) is 34.1 Å². The summed E-state index contributed by atoms with van der Waals surface area (Å²) in [5.41, 5.74) is 6.03. The zero-order valence-corrected chi connectivity index (χ0v) is 23.3. The minimum absolute atomic E-state index is 0.0671. The van der Waals surface area contributed by atoms with Crippen molar-refractivity contribution in [2.24, 2.45) is 0 Å². The highest BCUT2D eigenvalue weighted by Gasteiger charge is 2.33. The average molecular weight is 482 g/mol. The van der Waals surface area contributed by atoms with Crippen LogP contribution in [0.3, 0.4) is 0 Å². The van der Waals surface area contributed by atoms with E-state index >= 15 is 0 Å². The second-order valence-corrected chi connectivity index (χ2v) is 14.9. The highest BCUT2D eigenvalue weighted by Crippen LogP contribution is 2.56. The molecule has 1 heterocycles. The van der Waals surface area contributed by atoms with Gasteiger partial charge in [0.25, 0.3) is 0 Å². The molecule has 0 amide bonds. The lowest BCUT2D eigenvalue weighted by Gasteiger charge is -2.39. The van der Waals surface area contributed by atoms with Crippen LogP contribution in [0.2, 0.25) is 0 Å². The van der Waals surface area contributed by atoms with E-state index in [2.05, 4.69) is 120 Å². The van der Waals surface area contributed by atoms with E-state index in [0.29, 0.717) is 0 Å². The molecular weight excluding hydrogens is 439 g/mol. The molecule has 2 rings (SSSR count). The summed E-state index contributed by atoms with van der Waals surface area (Å²) < 4.78 is 2.62. The largest absolute Gasteiger partial charge is 0.357 e. The molecule has 0 aliphatic carbocycles. The van der Waals surface area contributed by atoms with Gasteiger partial charge in [-0.15, -0.1) is 0 Å². The monoisotopic (exact) mass is 480 g/mol. The lowest BCUT2D eigenvalue weighted by atomic mass is 9.74. The number of halogens is 1. The van der Waals surface area contributed by atoms with Gasteiger partial charge in [-0.1, -0.05) is 74.4 Å². The van der Waals surface area contributed by atoms with Gasteiger partial charge in [0, 0.05) is 24.8 Å². The van der Waals surface area contributed by atoms with Crippen molar-refractivity contribution in [3.63, 3.8) is 0 Å². The Labute approximate surface area is 188 Å². The molecule has 0 aliphatic rings. The highest BCUT2D eigenvalue weighted by atomic mass is 79.9. The minimum Gasteiger partial charge on any atom is -0.357 e. The van der Waals surface area contributed by atoms with E-state index < -0.39 is 6.39 Å². The van der Waals surface area contributed by atoms with Crippen molar-refractivity contribution >= 4 is 27.7 Å². The van der Waals surface area contributed by atoms with E-state index in [1.54, 1.807) is 0 Å². The SMILES string of the molecule is CCN(CC)c1c(C)p(Br)n1-c1c(C(C)(C)C)cc(C(C)(C)C)cc1C(C)(C)C. The number of anilines is 1. The Morgan fingerprint density at radius 3 is 1.55 bits per heavy atom. The van der Waals surface area contributed by atoms with Gasteiger partial charge in [0.1, 0.15) is 5.82 Å². The van der Waals surface area contributed by atoms with Crippen molar-refractivity contribution < 1.29 is 0 Å². The first-order chi connectivity index (χ1) is 13.1. The summed E-state index contributed by atoms with van der Waals surface area (Å²) in [7, 11) is 0. The van der Waals surface area contributed by atoms with Gasteiger partial charge in [-0.25, -0.2) is 0 Å². The van der Waals surface area contributed by atoms with Crippen molar-refractivity contribution in [2.75, 3.05) is 18.0 Å². The Hall–Kier alpha value is -0.660. The summed E-state index contributed by atoms with van der Waals surface area (Å²) in [5, 5.41) is 1.49. The third-order valence-electron chi connectivity index (χ3n) is 5.84. The average Bonchev–Trinajstić information content (AvgIpc) is 2.58. The first kappa shape index (κ1) is 24.6. The van der Waals surface area contributed by atoms with Crippen LogP contribution < -0.4 is 4.90 Å². The molecule has 1 atom stereocenters. The third kappa shape index (κ3) is 4.67. The first-order valence-corrected chi connectivity index (χ1v) is 14.3. The fourth-order valence-electron chi connectivity index (χ4n) is 3.94. The van der Waals surface area contributed by atoms with Gasteiger partial charge >= 0.3 is 0 Å². The molecule has 2 aromatic rings. The van der Waals surface area contributed by atoms with Crippen LogP contribution in [0.5, 0.6) is 0 Å². The molecule has 0 saturated carbocycles. The summed E-state index contributed by atoms with van der Waals surface area (Å²) in [4.78, 5) is 2.51. The van der Waals surface area contributed by atoms with E-state index in [0.717, 1.165) is 13.1 Å². The molecule has 0 spiro atoms. The Morgan fingerprint density at radius 2 is 1.24 bits per heavy atom. The molecule has 2 nitrogen and oxygen atoms in total. The van der Waals surface area contributed by atoms with Gasteiger partial charge in [0.2, 0.25) is 0 Å². The zero-order valence-electron chi connectivity index (χ0n) is 20.8. The second-order valence-electron chi connectivity index (χ2n) is 11.3. The predicted molar refractivity (Wildman–Crippen MR) is 137 cm³/mol. The van der Waals surface area contributed by atoms with Crippen LogP contribution in [0.1, 0.15) is 98.1 Å². The predicted octanol–water partition coefficient (Wildman–Crippen LogP) is 8.67. The smallest absolute Gasteiger partial charge is 0.126 e. The summed E-state index contributed by atoms with van der Waals surface area (Å²) in [6.07, 6.45) is -0.482. The lowest BCUT2D eigenvalue weighted by molar-refractivity contribution is 0.544. The van der Waals surface area contributed by atoms with E-state index in [4.69, 9.17) is 0 Å². The van der Waals surface area contributed by atoms with Crippen LogP contribution in [0.15, 0.2) is 12.1 Å². The van der Waals surface area contributed by atoms with Crippen LogP contribution in [0.25, 0.3) is 5.69 Å². The van der Waals surface area contributed by atoms with Crippen molar-refractivity contribution in [1.29, 1.82) is 0 Å². The quantitative estimate of drug-likeness (QED) is 0.424. The minimum atomic E-state index is -0.482. The van der Waals surface area contributed by atoms with Crippen molar-refractivity contribution in [2.45, 2.75) is 99.3 Å². The van der Waals surface area contributed by atoms with Crippen molar-refractivity contribution in [3.8, 4) is 5.69 Å². The number of aromatic nitrogens is 1. The number of hydrogen-bond donors (Lipinski definition) is 0. The lowest BCUT2D eigenvalue weighted by Crippen LogP contribution is -2.31. The molecule has 164 valence electrons. The summed E-state index contributed by atoms with van der Waals surface area (Å²) in [6.45, 7) is 30.0. The molecule has 1 aromatic heterocycles. The van der Waals surface area contributed by atoms with E-state index in [1.807, 2.05) is 0 Å². The van der Waals surface area contributed by atoms with Crippen LogP contribution >= 0.6 is 21.9 Å². The van der Waals surface area contributed by atoms with Crippen LogP contribution in [0.4, 0.5) is 5.82 Å². The maximum atomic E-state index is 4.06. The standard InChI is InChI=1S/C25H42BrN2P/c1-13-27(14-2)22-17(3)29(26)28(22)21-19(24(7,8)9)15-18(23(4,5)6)16-20(21)25(10,11)12/h15-16H,13-14H2,1-12H3. The molecule has 0 aliphatic heterocycles. The van der Waals surface area contributed by atoms with E-state index in [1.165, 1.54) is 33.5 Å². The third-order valence-corrected chi connectivity index (χ3v) is 9.88. The highest BCUT2D eigenvalue weighted by molar-refractivity contribution is 9.38. The van der Waals surface area contributed by atoms with Crippen LogP contribution in [0, 0.1) is 6.92 Å². The summed E-state index contributed by atoms with van der Waals surface area (Å²) >= 11 is 4.06. The summed E-state index contributed by atoms with van der Waals surface area (Å²) in [5.74, 6) is 1.40. The summed E-state index contributed by atoms with van der Waals surface area (Å²) in [6, 6.07) is 4.96. The van der Waals surface area contributed by atoms with Gasteiger partial charge in [-0.2, -0.15) is 0 Å². The zero-order chi connectivity index (χ0) is 22.5. The Balaban J connectivity index is 3.01.